The first kappa shape index (κ1) is 23.0. The number of carboxylic acid groups (broad SMARTS) is 1. The van der Waals surface area contributed by atoms with Crippen molar-refractivity contribution in [1.82, 2.24) is 0 Å². The molecule has 0 aromatic heterocycles. The minimum absolute atomic E-state index is 0.0315. The minimum Gasteiger partial charge on any atom is -0.507 e. The van der Waals surface area contributed by atoms with Crippen LogP contribution in [0.25, 0.3) is 6.08 Å². The number of methoxy groups -OCH3 is 3. The molecule has 0 saturated carbocycles. The number of ketones is 1. The lowest BCUT2D eigenvalue weighted by molar-refractivity contribution is -0.139. The molecule has 160 valence electrons. The fourth-order valence-corrected chi connectivity index (χ4v) is 3.11. The summed E-state index contributed by atoms with van der Waals surface area (Å²) >= 11 is 1.24. The standard InChI is InChI=1S/C21H22O8S/c1-26-12-7-17(27-2)13(18(8-12)28-3)5-6-15(22)14-9-20(30-4)16(23)10-19(14)29-11-21(24)25/h5-10,23H,11H2,1-4H3,(H,24,25). The van der Waals surface area contributed by atoms with Crippen molar-refractivity contribution in [3.05, 3.63) is 41.5 Å². The zero-order valence-corrected chi connectivity index (χ0v) is 17.7. The van der Waals surface area contributed by atoms with E-state index in [-0.39, 0.29) is 17.1 Å². The van der Waals surface area contributed by atoms with E-state index < -0.39 is 18.4 Å². The number of allylic oxidation sites excluding steroid dienone is 1. The zero-order chi connectivity index (χ0) is 22.3. The van der Waals surface area contributed by atoms with Crippen LogP contribution in [0.15, 0.2) is 35.2 Å². The molecule has 2 aromatic rings. The van der Waals surface area contributed by atoms with Crippen molar-refractivity contribution >= 4 is 29.6 Å². The van der Waals surface area contributed by atoms with Crippen molar-refractivity contribution in [3.63, 3.8) is 0 Å². The molecule has 30 heavy (non-hydrogen) atoms. The van der Waals surface area contributed by atoms with Crippen LogP contribution in [0.1, 0.15) is 15.9 Å². The summed E-state index contributed by atoms with van der Waals surface area (Å²) in [6.45, 7) is -0.651. The van der Waals surface area contributed by atoms with Crippen LogP contribution in [0.5, 0.6) is 28.7 Å². The highest BCUT2D eigenvalue weighted by Gasteiger charge is 2.17. The number of aromatic hydroxyl groups is 1. The first-order valence-corrected chi connectivity index (χ1v) is 9.85. The normalized spacial score (nSPS) is 10.7. The number of hydrogen-bond acceptors (Lipinski definition) is 8. The van der Waals surface area contributed by atoms with Crippen molar-refractivity contribution in [3.8, 4) is 28.7 Å². The molecule has 0 aliphatic rings. The number of benzene rings is 2. The van der Waals surface area contributed by atoms with Gasteiger partial charge in [-0.25, -0.2) is 4.79 Å². The lowest BCUT2D eigenvalue weighted by Gasteiger charge is -2.13. The van der Waals surface area contributed by atoms with Gasteiger partial charge < -0.3 is 29.2 Å². The zero-order valence-electron chi connectivity index (χ0n) is 16.9. The Hall–Kier alpha value is -3.33. The molecule has 0 saturated heterocycles. The maximum absolute atomic E-state index is 12.9. The molecule has 0 amide bonds. The van der Waals surface area contributed by atoms with E-state index in [1.54, 1.807) is 18.4 Å². The maximum Gasteiger partial charge on any atom is 0.341 e. The molecule has 0 unspecified atom stereocenters. The largest absolute Gasteiger partial charge is 0.507 e. The molecule has 0 fully saturated rings. The predicted molar refractivity (Wildman–Crippen MR) is 112 cm³/mol. The molecule has 8 nitrogen and oxygen atoms in total. The summed E-state index contributed by atoms with van der Waals surface area (Å²) in [5, 5.41) is 18.9. The number of carbonyl (C=O) groups excluding carboxylic acids is 1. The monoisotopic (exact) mass is 434 g/mol. The summed E-state index contributed by atoms with van der Waals surface area (Å²) in [5.74, 6) is -0.394. The topological polar surface area (TPSA) is 112 Å². The van der Waals surface area contributed by atoms with E-state index in [1.165, 1.54) is 57.4 Å². The smallest absolute Gasteiger partial charge is 0.341 e. The van der Waals surface area contributed by atoms with Crippen LogP contribution >= 0.6 is 11.8 Å². The van der Waals surface area contributed by atoms with Crippen molar-refractivity contribution in [2.75, 3.05) is 34.2 Å². The second-order valence-electron chi connectivity index (χ2n) is 5.85. The fraction of sp³-hybridized carbons (Fsp3) is 0.238. The number of ether oxygens (including phenoxy) is 4. The van der Waals surface area contributed by atoms with E-state index in [2.05, 4.69) is 0 Å². The van der Waals surface area contributed by atoms with Gasteiger partial charge in [-0.2, -0.15) is 0 Å². The Labute approximate surface area is 178 Å². The van der Waals surface area contributed by atoms with E-state index >= 15 is 0 Å². The third-order valence-corrected chi connectivity index (χ3v) is 4.82. The Balaban J connectivity index is 2.46. The summed E-state index contributed by atoms with van der Waals surface area (Å²) in [6.07, 6.45) is 4.55. The highest BCUT2D eigenvalue weighted by molar-refractivity contribution is 7.98. The van der Waals surface area contributed by atoms with E-state index in [0.717, 1.165) is 0 Å². The maximum atomic E-state index is 12.9. The van der Waals surface area contributed by atoms with Crippen molar-refractivity contribution < 1.29 is 38.7 Å². The molecule has 9 heteroatoms. The van der Waals surface area contributed by atoms with Gasteiger partial charge in [0.2, 0.25) is 0 Å². The van der Waals surface area contributed by atoms with Gasteiger partial charge in [-0.05, 0) is 24.5 Å². The highest BCUT2D eigenvalue weighted by atomic mass is 32.2. The Bertz CT molecular complexity index is 943. The lowest BCUT2D eigenvalue weighted by Crippen LogP contribution is -2.11. The molecule has 0 spiro atoms. The number of hydrogen-bond donors (Lipinski definition) is 2. The van der Waals surface area contributed by atoms with Crippen molar-refractivity contribution in [2.45, 2.75) is 4.90 Å². The Morgan fingerprint density at radius 3 is 2.13 bits per heavy atom. The molecule has 0 bridgehead atoms. The minimum atomic E-state index is -1.20. The average molecular weight is 434 g/mol. The van der Waals surface area contributed by atoms with E-state index in [1.807, 2.05) is 0 Å². The van der Waals surface area contributed by atoms with Gasteiger partial charge in [0.25, 0.3) is 0 Å². The highest BCUT2D eigenvalue weighted by Crippen LogP contribution is 2.36. The van der Waals surface area contributed by atoms with Gasteiger partial charge in [0.05, 0.1) is 32.5 Å². The second-order valence-corrected chi connectivity index (χ2v) is 6.69. The number of phenolic OH excluding ortho intramolecular Hbond substituents is 1. The van der Waals surface area contributed by atoms with Crippen molar-refractivity contribution in [1.29, 1.82) is 0 Å². The fourth-order valence-electron chi connectivity index (χ4n) is 2.61. The first-order chi connectivity index (χ1) is 14.3. The quantitative estimate of drug-likeness (QED) is 0.330. The number of phenols is 1. The molecule has 2 N–H and O–H groups in total. The molecule has 0 heterocycles. The average Bonchev–Trinajstić information content (AvgIpc) is 2.75. The molecular formula is C21H22O8S. The number of rotatable bonds is 10. The van der Waals surface area contributed by atoms with Gasteiger partial charge in [0, 0.05) is 23.1 Å². The van der Waals surface area contributed by atoms with Crippen molar-refractivity contribution in [2.24, 2.45) is 0 Å². The number of carboxylic acids is 1. The molecule has 2 aromatic carbocycles. The van der Waals surface area contributed by atoms with Crippen LogP contribution in [0.4, 0.5) is 0 Å². The first-order valence-electron chi connectivity index (χ1n) is 8.62. The molecule has 2 rings (SSSR count). The predicted octanol–water partition coefficient (Wildman–Crippen LogP) is 3.50. The number of thioether (sulfide) groups is 1. The summed E-state index contributed by atoms with van der Waals surface area (Å²) in [6, 6.07) is 5.98. The summed E-state index contributed by atoms with van der Waals surface area (Å²) in [5.41, 5.74) is 0.632. The Morgan fingerprint density at radius 2 is 1.63 bits per heavy atom. The van der Waals surface area contributed by atoms with Gasteiger partial charge >= 0.3 is 5.97 Å². The molecule has 0 aliphatic heterocycles. The molecular weight excluding hydrogens is 412 g/mol. The van der Waals surface area contributed by atoms with Crippen LogP contribution in [0.3, 0.4) is 0 Å². The van der Waals surface area contributed by atoms with Crippen LogP contribution in [-0.4, -0.2) is 56.2 Å². The number of carbonyl (C=O) groups is 2. The summed E-state index contributed by atoms with van der Waals surface area (Å²) in [4.78, 5) is 24.2. The summed E-state index contributed by atoms with van der Waals surface area (Å²) in [7, 11) is 4.48. The van der Waals surface area contributed by atoms with Gasteiger partial charge in [-0.3, -0.25) is 4.79 Å². The SMILES string of the molecule is COc1cc(OC)c(C=CC(=O)c2cc(SC)c(O)cc2OCC(=O)O)c(OC)c1. The molecule has 0 atom stereocenters. The lowest BCUT2D eigenvalue weighted by atomic mass is 10.1. The van der Waals surface area contributed by atoms with Gasteiger partial charge in [0.1, 0.15) is 28.7 Å². The van der Waals surface area contributed by atoms with E-state index in [0.29, 0.717) is 27.7 Å². The van der Waals surface area contributed by atoms with Crippen LogP contribution in [0, 0.1) is 0 Å². The van der Waals surface area contributed by atoms with Crippen LogP contribution in [-0.2, 0) is 4.79 Å². The van der Waals surface area contributed by atoms with Crippen LogP contribution < -0.4 is 18.9 Å². The van der Waals surface area contributed by atoms with Gasteiger partial charge in [0.15, 0.2) is 12.4 Å². The third-order valence-electron chi connectivity index (χ3n) is 4.05. The molecule has 0 radical (unpaired) electrons. The Morgan fingerprint density at radius 1 is 1.00 bits per heavy atom. The third kappa shape index (κ3) is 5.38. The van der Waals surface area contributed by atoms with E-state index in [4.69, 9.17) is 24.1 Å². The second kappa shape index (κ2) is 10.4. The molecule has 0 aliphatic carbocycles. The van der Waals surface area contributed by atoms with E-state index in [9.17, 15) is 14.7 Å². The van der Waals surface area contributed by atoms with Crippen LogP contribution in [0.2, 0.25) is 0 Å². The number of aliphatic carboxylic acids is 1. The Kier molecular flexibility index (Phi) is 7.99. The summed E-state index contributed by atoms with van der Waals surface area (Å²) < 4.78 is 21.1. The van der Waals surface area contributed by atoms with Gasteiger partial charge in [-0.1, -0.05) is 0 Å². The van der Waals surface area contributed by atoms with Gasteiger partial charge in [-0.15, -0.1) is 11.8 Å².